The molecule has 0 saturated heterocycles. The van der Waals surface area contributed by atoms with Crippen LogP contribution >= 0.6 is 11.6 Å². The van der Waals surface area contributed by atoms with E-state index in [2.05, 4.69) is 10.3 Å². The highest BCUT2D eigenvalue weighted by atomic mass is 35.5. The lowest BCUT2D eigenvalue weighted by Gasteiger charge is -2.28. The van der Waals surface area contributed by atoms with E-state index in [0.29, 0.717) is 0 Å². The fraction of sp³-hybridized carbons (Fsp3) is 0.357. The maximum absolute atomic E-state index is 12.9. The van der Waals surface area contributed by atoms with Crippen LogP contribution in [0.3, 0.4) is 0 Å². The minimum atomic E-state index is -2.25. The third-order valence-electron chi connectivity index (χ3n) is 3.25. The molecule has 0 aliphatic carbocycles. The number of halogens is 2. The molecule has 0 saturated carbocycles. The maximum Gasteiger partial charge on any atom is 0.333 e. The second-order valence-corrected chi connectivity index (χ2v) is 5.36. The molecular formula is C14H15ClFN3O3. The SMILES string of the molecule is COC(=O)C(C)(Cn1cnc2ccccc21)NC(=O)C(F)Cl. The van der Waals surface area contributed by atoms with Crippen LogP contribution in [0.2, 0.25) is 0 Å². The number of esters is 1. The van der Waals surface area contributed by atoms with E-state index in [1.54, 1.807) is 4.57 Å². The number of amides is 1. The van der Waals surface area contributed by atoms with Gasteiger partial charge in [-0.05, 0) is 19.1 Å². The molecule has 2 aromatic rings. The highest BCUT2D eigenvalue weighted by Gasteiger charge is 2.38. The number of hydrogen-bond acceptors (Lipinski definition) is 4. The zero-order valence-electron chi connectivity index (χ0n) is 12.0. The molecule has 0 aliphatic rings. The molecule has 118 valence electrons. The van der Waals surface area contributed by atoms with Crippen LogP contribution in [0.4, 0.5) is 4.39 Å². The van der Waals surface area contributed by atoms with Gasteiger partial charge < -0.3 is 14.6 Å². The molecule has 1 aromatic carbocycles. The van der Waals surface area contributed by atoms with E-state index in [1.165, 1.54) is 20.4 Å². The molecule has 2 atom stereocenters. The van der Waals surface area contributed by atoms with E-state index in [4.69, 9.17) is 16.3 Å². The van der Waals surface area contributed by atoms with Crippen LogP contribution in [0.15, 0.2) is 30.6 Å². The number of imidazole rings is 1. The number of ether oxygens (including phenoxy) is 1. The summed E-state index contributed by atoms with van der Waals surface area (Å²) < 4.78 is 19.3. The van der Waals surface area contributed by atoms with Gasteiger partial charge in [-0.15, -0.1) is 0 Å². The maximum atomic E-state index is 12.9. The van der Waals surface area contributed by atoms with Crippen LogP contribution in [0.1, 0.15) is 6.92 Å². The summed E-state index contributed by atoms with van der Waals surface area (Å²) in [7, 11) is 1.19. The summed E-state index contributed by atoms with van der Waals surface area (Å²) >= 11 is 5.11. The van der Waals surface area contributed by atoms with Gasteiger partial charge in [-0.25, -0.2) is 14.2 Å². The summed E-state index contributed by atoms with van der Waals surface area (Å²) in [6, 6.07) is 7.30. The first kappa shape index (κ1) is 16.2. The standard InChI is InChI=1S/C14H15ClFN3O3/c1-14(13(21)22-2,18-12(20)11(15)16)7-19-8-17-9-5-3-4-6-10(9)19/h3-6,8,11H,7H2,1-2H3,(H,18,20). The molecule has 22 heavy (non-hydrogen) atoms. The van der Waals surface area contributed by atoms with E-state index in [1.807, 2.05) is 24.3 Å². The van der Waals surface area contributed by atoms with E-state index in [9.17, 15) is 14.0 Å². The lowest BCUT2D eigenvalue weighted by Crippen LogP contribution is -2.56. The van der Waals surface area contributed by atoms with Crippen molar-refractivity contribution in [3.63, 3.8) is 0 Å². The van der Waals surface area contributed by atoms with Gasteiger partial charge in [-0.1, -0.05) is 23.7 Å². The second kappa shape index (κ2) is 6.31. The van der Waals surface area contributed by atoms with Gasteiger partial charge in [0.1, 0.15) is 0 Å². The molecule has 0 bridgehead atoms. The van der Waals surface area contributed by atoms with Crippen molar-refractivity contribution in [2.75, 3.05) is 7.11 Å². The van der Waals surface area contributed by atoms with Gasteiger partial charge in [0.05, 0.1) is 31.0 Å². The average Bonchev–Trinajstić information content (AvgIpc) is 2.89. The molecule has 1 aromatic heterocycles. The number of aromatic nitrogens is 2. The number of fused-ring (bicyclic) bond motifs is 1. The van der Waals surface area contributed by atoms with Crippen LogP contribution in [0.5, 0.6) is 0 Å². The first-order chi connectivity index (χ1) is 10.4. The van der Waals surface area contributed by atoms with Gasteiger partial charge >= 0.3 is 5.97 Å². The van der Waals surface area contributed by atoms with E-state index in [0.717, 1.165) is 11.0 Å². The molecule has 1 heterocycles. The Hall–Kier alpha value is -2.15. The third-order valence-corrected chi connectivity index (χ3v) is 3.45. The molecule has 2 unspecified atom stereocenters. The number of carbonyl (C=O) groups is 2. The number of para-hydroxylation sites is 2. The van der Waals surface area contributed by atoms with Crippen LogP contribution in [-0.2, 0) is 20.9 Å². The molecule has 8 heteroatoms. The summed E-state index contributed by atoms with van der Waals surface area (Å²) in [4.78, 5) is 27.7. The van der Waals surface area contributed by atoms with Crippen molar-refractivity contribution >= 4 is 34.5 Å². The average molecular weight is 328 g/mol. The molecule has 0 fully saturated rings. The first-order valence-corrected chi connectivity index (χ1v) is 6.89. The molecular weight excluding hydrogens is 313 g/mol. The monoisotopic (exact) mass is 327 g/mol. The summed E-state index contributed by atoms with van der Waals surface area (Å²) in [5.41, 5.74) is -2.21. The van der Waals surface area contributed by atoms with Crippen molar-refractivity contribution in [1.82, 2.24) is 14.9 Å². The molecule has 0 radical (unpaired) electrons. The van der Waals surface area contributed by atoms with Crippen molar-refractivity contribution in [2.24, 2.45) is 0 Å². The molecule has 1 N–H and O–H groups in total. The zero-order chi connectivity index (χ0) is 16.3. The largest absolute Gasteiger partial charge is 0.467 e. The molecule has 2 rings (SSSR count). The van der Waals surface area contributed by atoms with Crippen LogP contribution in [0.25, 0.3) is 11.0 Å². The fourth-order valence-corrected chi connectivity index (χ4v) is 2.24. The van der Waals surface area contributed by atoms with Crippen molar-refractivity contribution in [3.8, 4) is 0 Å². The highest BCUT2D eigenvalue weighted by Crippen LogP contribution is 2.17. The lowest BCUT2D eigenvalue weighted by molar-refractivity contribution is -0.151. The Morgan fingerprint density at radius 3 is 2.82 bits per heavy atom. The molecule has 0 spiro atoms. The van der Waals surface area contributed by atoms with Gasteiger partial charge in [-0.2, -0.15) is 0 Å². The quantitative estimate of drug-likeness (QED) is 0.669. The van der Waals surface area contributed by atoms with Gasteiger partial charge in [0.25, 0.3) is 11.5 Å². The van der Waals surface area contributed by atoms with Gasteiger partial charge in [-0.3, -0.25) is 4.79 Å². The number of methoxy groups -OCH3 is 1. The summed E-state index contributed by atoms with van der Waals surface area (Å²) in [6.07, 6.45) is 1.53. The van der Waals surface area contributed by atoms with Crippen LogP contribution < -0.4 is 5.32 Å². The highest BCUT2D eigenvalue weighted by molar-refractivity contribution is 6.29. The van der Waals surface area contributed by atoms with Crippen LogP contribution in [0, 0.1) is 0 Å². The predicted octanol–water partition coefficient (Wildman–Crippen LogP) is 1.62. The van der Waals surface area contributed by atoms with Gasteiger partial charge in [0, 0.05) is 0 Å². The Kier molecular flexibility index (Phi) is 4.65. The Morgan fingerprint density at radius 2 is 2.18 bits per heavy atom. The first-order valence-electron chi connectivity index (χ1n) is 6.46. The zero-order valence-corrected chi connectivity index (χ0v) is 12.8. The molecule has 1 amide bonds. The third kappa shape index (κ3) is 3.19. The number of rotatable bonds is 5. The van der Waals surface area contributed by atoms with E-state index in [-0.39, 0.29) is 6.54 Å². The Balaban J connectivity index is 2.34. The predicted molar refractivity (Wildman–Crippen MR) is 79.0 cm³/mol. The minimum Gasteiger partial charge on any atom is -0.467 e. The van der Waals surface area contributed by atoms with Crippen molar-refractivity contribution < 1.29 is 18.7 Å². The number of nitrogens with one attached hydrogen (secondary N) is 1. The van der Waals surface area contributed by atoms with Crippen molar-refractivity contribution in [2.45, 2.75) is 24.6 Å². The van der Waals surface area contributed by atoms with E-state index < -0.39 is 23.0 Å². The topological polar surface area (TPSA) is 73.2 Å². The Labute approximate surface area is 131 Å². The van der Waals surface area contributed by atoms with Crippen molar-refractivity contribution in [3.05, 3.63) is 30.6 Å². The summed E-state index contributed by atoms with van der Waals surface area (Å²) in [5, 5.41) is 2.28. The van der Waals surface area contributed by atoms with Gasteiger partial charge in [0.2, 0.25) is 0 Å². The molecule has 6 nitrogen and oxygen atoms in total. The second-order valence-electron chi connectivity index (χ2n) is 4.97. The summed E-state index contributed by atoms with van der Waals surface area (Å²) in [6.45, 7) is 1.46. The number of nitrogens with zero attached hydrogens (tertiary/aromatic N) is 2. The smallest absolute Gasteiger partial charge is 0.333 e. The Bertz CT molecular complexity index is 703. The lowest BCUT2D eigenvalue weighted by atomic mass is 10.0. The molecule has 0 aliphatic heterocycles. The van der Waals surface area contributed by atoms with Gasteiger partial charge in [0.15, 0.2) is 5.54 Å². The number of hydrogen-bond donors (Lipinski definition) is 1. The normalized spacial score (nSPS) is 15.1. The number of carbonyl (C=O) groups excluding carboxylic acids is 2. The Morgan fingerprint density at radius 1 is 1.50 bits per heavy atom. The summed E-state index contributed by atoms with van der Waals surface area (Å²) in [5.74, 6) is -1.81. The fourth-order valence-electron chi connectivity index (χ4n) is 2.18. The van der Waals surface area contributed by atoms with Crippen molar-refractivity contribution in [1.29, 1.82) is 0 Å². The van der Waals surface area contributed by atoms with Crippen LogP contribution in [-0.4, -0.2) is 39.7 Å². The van der Waals surface area contributed by atoms with E-state index >= 15 is 0 Å². The number of alkyl halides is 2. The number of benzene rings is 1. The minimum absolute atomic E-state index is 0.0233.